The van der Waals surface area contributed by atoms with Crippen molar-refractivity contribution in [1.29, 1.82) is 0 Å². The van der Waals surface area contributed by atoms with Gasteiger partial charge in [-0.3, -0.25) is 9.48 Å². The van der Waals surface area contributed by atoms with Crippen LogP contribution in [0.4, 0.5) is 30.6 Å². The van der Waals surface area contributed by atoms with Gasteiger partial charge in [-0.15, -0.1) is 0 Å². The zero-order valence-electron chi connectivity index (χ0n) is 17.6. The van der Waals surface area contributed by atoms with Gasteiger partial charge in [-0.1, -0.05) is 13.8 Å². The van der Waals surface area contributed by atoms with Crippen LogP contribution in [0, 0.1) is 22.9 Å². The second-order valence-electron chi connectivity index (χ2n) is 8.43. The number of likely N-dealkylation sites (tertiary alicyclic amines) is 1. The summed E-state index contributed by atoms with van der Waals surface area (Å²) in [5.41, 5.74) is 0.447. The summed E-state index contributed by atoms with van der Waals surface area (Å²) in [7, 11) is 0. The lowest BCUT2D eigenvalue weighted by molar-refractivity contribution is -0.142. The van der Waals surface area contributed by atoms with Crippen LogP contribution in [0.15, 0.2) is 36.8 Å². The molecule has 2 N–H and O–H groups in total. The molecule has 11 heteroatoms. The molecule has 3 heterocycles. The van der Waals surface area contributed by atoms with Crippen LogP contribution in [0.3, 0.4) is 0 Å². The molecule has 0 saturated carbocycles. The van der Waals surface area contributed by atoms with Gasteiger partial charge in [0, 0.05) is 49.7 Å². The van der Waals surface area contributed by atoms with Crippen molar-refractivity contribution >= 4 is 23.4 Å². The molecule has 0 aliphatic carbocycles. The molecule has 1 aromatic carbocycles. The zero-order chi connectivity index (χ0) is 22.9. The molecule has 32 heavy (non-hydrogen) atoms. The summed E-state index contributed by atoms with van der Waals surface area (Å²) >= 11 is 0. The quantitative estimate of drug-likeness (QED) is 0.580. The first-order valence-electron chi connectivity index (χ1n) is 9.96. The average molecular weight is 445 g/mol. The third-order valence-electron chi connectivity index (χ3n) is 4.98. The van der Waals surface area contributed by atoms with Crippen LogP contribution in [0.2, 0.25) is 0 Å². The number of benzene rings is 1. The number of carbonyl (C=O) groups is 1. The van der Waals surface area contributed by atoms with E-state index < -0.39 is 17.5 Å². The van der Waals surface area contributed by atoms with E-state index in [4.69, 9.17) is 0 Å². The topological polar surface area (TPSA) is 88.0 Å². The molecule has 1 saturated heterocycles. The summed E-state index contributed by atoms with van der Waals surface area (Å²) < 4.78 is 42.1. The van der Waals surface area contributed by atoms with E-state index in [2.05, 4.69) is 39.5 Å². The molecule has 8 nitrogen and oxygen atoms in total. The highest BCUT2D eigenvalue weighted by atomic mass is 19.1. The molecule has 0 radical (unpaired) electrons. The second kappa shape index (κ2) is 8.48. The van der Waals surface area contributed by atoms with Crippen molar-refractivity contribution in [3.8, 4) is 0 Å². The lowest BCUT2D eigenvalue weighted by Gasteiger charge is -2.45. The van der Waals surface area contributed by atoms with Gasteiger partial charge in [0.2, 0.25) is 11.9 Å². The summed E-state index contributed by atoms with van der Waals surface area (Å²) in [5.74, 6) is -2.40. The van der Waals surface area contributed by atoms with Crippen LogP contribution in [-0.2, 0) is 17.9 Å². The number of rotatable bonds is 7. The molecule has 0 bridgehead atoms. The lowest BCUT2D eigenvalue weighted by Crippen LogP contribution is -2.56. The highest BCUT2D eigenvalue weighted by molar-refractivity contribution is 5.77. The molecule has 1 aliphatic rings. The first-order valence-corrected chi connectivity index (χ1v) is 9.96. The summed E-state index contributed by atoms with van der Waals surface area (Å²) in [5, 5.41) is 9.93. The van der Waals surface area contributed by atoms with Crippen molar-refractivity contribution in [3.05, 3.63) is 59.8 Å². The minimum Gasteiger partial charge on any atom is -0.366 e. The molecular formula is C21H22F3N7O. The molecule has 1 aliphatic heterocycles. The number of hydrogen-bond acceptors (Lipinski definition) is 6. The lowest BCUT2D eigenvalue weighted by atomic mass is 9.84. The normalized spacial score (nSPS) is 14.7. The van der Waals surface area contributed by atoms with Gasteiger partial charge in [0.05, 0.1) is 11.9 Å². The largest absolute Gasteiger partial charge is 0.366 e. The van der Waals surface area contributed by atoms with Crippen LogP contribution in [0.25, 0.3) is 0 Å². The second-order valence-corrected chi connectivity index (χ2v) is 8.43. The number of nitrogens with one attached hydrogen (secondary N) is 2. The predicted molar refractivity (Wildman–Crippen MR) is 112 cm³/mol. The SMILES string of the molecule is CC1(C)CN(C(=O)Cn2cc(Nc3nccc(NCc4c(F)cc(F)cc4F)n3)cn2)C1. The molecule has 3 aromatic rings. The molecule has 168 valence electrons. The maximum atomic E-state index is 13.8. The van der Waals surface area contributed by atoms with E-state index in [0.717, 1.165) is 13.1 Å². The third kappa shape index (κ3) is 4.98. The van der Waals surface area contributed by atoms with Crippen molar-refractivity contribution in [1.82, 2.24) is 24.6 Å². The van der Waals surface area contributed by atoms with Gasteiger partial charge >= 0.3 is 0 Å². The smallest absolute Gasteiger partial charge is 0.244 e. The highest BCUT2D eigenvalue weighted by Gasteiger charge is 2.36. The number of nitrogens with zero attached hydrogens (tertiary/aromatic N) is 5. The summed E-state index contributed by atoms with van der Waals surface area (Å²) in [6, 6.07) is 2.78. The fraction of sp³-hybridized carbons (Fsp3) is 0.333. The van der Waals surface area contributed by atoms with Crippen LogP contribution >= 0.6 is 0 Å². The molecule has 4 rings (SSSR count). The number of anilines is 3. The predicted octanol–water partition coefficient (Wildman–Crippen LogP) is 3.31. The number of hydrogen-bond donors (Lipinski definition) is 2. The van der Waals surface area contributed by atoms with E-state index in [1.807, 2.05) is 0 Å². The van der Waals surface area contributed by atoms with E-state index in [1.54, 1.807) is 17.3 Å². The maximum Gasteiger partial charge on any atom is 0.244 e. The van der Waals surface area contributed by atoms with Gasteiger partial charge in [0.25, 0.3) is 0 Å². The van der Waals surface area contributed by atoms with Gasteiger partial charge in [-0.05, 0) is 11.5 Å². The Morgan fingerprint density at radius 1 is 1.19 bits per heavy atom. The van der Waals surface area contributed by atoms with Crippen LogP contribution in [0.5, 0.6) is 0 Å². The van der Waals surface area contributed by atoms with Crippen LogP contribution < -0.4 is 10.6 Å². The first kappa shape index (κ1) is 21.6. The van der Waals surface area contributed by atoms with E-state index in [9.17, 15) is 18.0 Å². The van der Waals surface area contributed by atoms with Gasteiger partial charge < -0.3 is 15.5 Å². The minimum atomic E-state index is -0.980. The molecule has 1 amide bonds. The van der Waals surface area contributed by atoms with E-state index in [0.29, 0.717) is 23.6 Å². The number of halogens is 3. The standard InChI is InChI=1S/C21H22F3N7O/c1-21(2)11-30(12-21)19(32)10-31-9-14(7-27-31)28-20-25-4-3-18(29-20)26-8-15-16(23)5-13(22)6-17(15)24/h3-7,9H,8,10-12H2,1-2H3,(H2,25,26,28,29). The molecule has 0 atom stereocenters. The Morgan fingerprint density at radius 3 is 2.59 bits per heavy atom. The number of aromatic nitrogens is 4. The fourth-order valence-corrected chi connectivity index (χ4v) is 3.48. The number of carbonyl (C=O) groups excluding carboxylic acids is 1. The monoisotopic (exact) mass is 445 g/mol. The zero-order valence-corrected chi connectivity index (χ0v) is 17.6. The van der Waals surface area contributed by atoms with Crippen molar-refractivity contribution in [2.24, 2.45) is 5.41 Å². The first-order chi connectivity index (χ1) is 15.2. The van der Waals surface area contributed by atoms with Crippen molar-refractivity contribution in [3.63, 3.8) is 0 Å². The maximum absolute atomic E-state index is 13.8. The van der Waals surface area contributed by atoms with Crippen LogP contribution in [-0.4, -0.2) is 43.6 Å². The Bertz CT molecular complexity index is 1120. The Hall–Kier alpha value is -3.63. The molecule has 1 fully saturated rings. The summed E-state index contributed by atoms with van der Waals surface area (Å²) in [6.07, 6.45) is 4.67. The van der Waals surface area contributed by atoms with E-state index in [-0.39, 0.29) is 35.9 Å². The van der Waals surface area contributed by atoms with Gasteiger partial charge in [0.1, 0.15) is 29.8 Å². The van der Waals surface area contributed by atoms with Crippen molar-refractivity contribution in [2.75, 3.05) is 23.7 Å². The highest BCUT2D eigenvalue weighted by Crippen LogP contribution is 2.28. The minimum absolute atomic E-state index is 0.00156. The van der Waals surface area contributed by atoms with Crippen LogP contribution in [0.1, 0.15) is 19.4 Å². The summed E-state index contributed by atoms with van der Waals surface area (Å²) in [4.78, 5) is 22.4. The van der Waals surface area contributed by atoms with Crippen molar-refractivity contribution < 1.29 is 18.0 Å². The number of amides is 1. The van der Waals surface area contributed by atoms with Crippen molar-refractivity contribution in [2.45, 2.75) is 26.9 Å². The van der Waals surface area contributed by atoms with E-state index in [1.165, 1.54) is 16.9 Å². The Labute approximate surface area is 182 Å². The molecule has 0 unspecified atom stereocenters. The average Bonchev–Trinajstić information content (AvgIpc) is 3.12. The third-order valence-corrected chi connectivity index (χ3v) is 4.98. The van der Waals surface area contributed by atoms with E-state index >= 15 is 0 Å². The molecular weight excluding hydrogens is 423 g/mol. The fourth-order valence-electron chi connectivity index (χ4n) is 3.48. The molecule has 0 spiro atoms. The summed E-state index contributed by atoms with van der Waals surface area (Å²) in [6.45, 7) is 5.61. The Morgan fingerprint density at radius 2 is 1.91 bits per heavy atom. The van der Waals surface area contributed by atoms with Gasteiger partial charge in [0.15, 0.2) is 0 Å². The van der Waals surface area contributed by atoms with Gasteiger partial charge in [-0.25, -0.2) is 18.2 Å². The Kier molecular flexibility index (Phi) is 5.72. The van der Waals surface area contributed by atoms with Gasteiger partial charge in [-0.2, -0.15) is 10.1 Å². The molecule has 2 aromatic heterocycles. The Balaban J connectivity index is 1.35.